The normalized spacial score (nSPS) is 14.5. The summed E-state index contributed by atoms with van der Waals surface area (Å²) in [6, 6.07) is 12.1. The van der Waals surface area contributed by atoms with E-state index in [-0.39, 0.29) is 30.2 Å². The number of benzene rings is 1. The molecule has 0 radical (unpaired) electrons. The van der Waals surface area contributed by atoms with E-state index < -0.39 is 0 Å². The second kappa shape index (κ2) is 11.0. The third kappa shape index (κ3) is 5.92. The molecule has 1 saturated heterocycles. The van der Waals surface area contributed by atoms with E-state index in [1.54, 1.807) is 24.9 Å². The molecule has 0 N–H and O–H groups in total. The smallest absolute Gasteiger partial charge is 0.309 e. The van der Waals surface area contributed by atoms with Gasteiger partial charge in [0.2, 0.25) is 11.8 Å². The standard InChI is InChI=1S/C26H33N3O4/c1-5-33-26(32)21-13-15-28(16-14-21)25(31)18-27(4)24(30)12-11-22-17-19(2)29(20(22)3)23-9-7-6-8-10-23/h6-12,17,21H,5,13-16,18H2,1-4H3. The largest absolute Gasteiger partial charge is 0.466 e. The number of piperidine rings is 1. The minimum Gasteiger partial charge on any atom is -0.466 e. The molecule has 33 heavy (non-hydrogen) atoms. The van der Waals surface area contributed by atoms with Gasteiger partial charge in [0.15, 0.2) is 0 Å². The molecule has 0 bridgehead atoms. The molecule has 0 saturated carbocycles. The zero-order chi connectivity index (χ0) is 24.0. The van der Waals surface area contributed by atoms with Gasteiger partial charge in [-0.1, -0.05) is 18.2 Å². The highest BCUT2D eigenvalue weighted by atomic mass is 16.5. The summed E-state index contributed by atoms with van der Waals surface area (Å²) >= 11 is 0. The molecule has 1 aliphatic rings. The summed E-state index contributed by atoms with van der Waals surface area (Å²) in [5.74, 6) is -0.669. The van der Waals surface area contributed by atoms with Crippen molar-refractivity contribution in [1.29, 1.82) is 0 Å². The molecule has 1 aromatic heterocycles. The Bertz CT molecular complexity index is 1020. The number of likely N-dealkylation sites (tertiary alicyclic amines) is 1. The van der Waals surface area contributed by atoms with Crippen molar-refractivity contribution in [2.45, 2.75) is 33.6 Å². The van der Waals surface area contributed by atoms with Gasteiger partial charge in [0.1, 0.15) is 0 Å². The molecule has 0 atom stereocenters. The first-order valence-electron chi connectivity index (χ1n) is 11.4. The molecule has 0 aliphatic carbocycles. The Morgan fingerprint density at radius 3 is 2.42 bits per heavy atom. The summed E-state index contributed by atoms with van der Waals surface area (Å²) < 4.78 is 7.22. The van der Waals surface area contributed by atoms with Crippen molar-refractivity contribution >= 4 is 23.9 Å². The average molecular weight is 452 g/mol. The van der Waals surface area contributed by atoms with E-state index >= 15 is 0 Å². The lowest BCUT2D eigenvalue weighted by Crippen LogP contribution is -2.45. The first kappa shape index (κ1) is 24.3. The van der Waals surface area contributed by atoms with Crippen LogP contribution in [0.4, 0.5) is 0 Å². The van der Waals surface area contributed by atoms with Crippen molar-refractivity contribution < 1.29 is 19.1 Å². The predicted molar refractivity (Wildman–Crippen MR) is 128 cm³/mol. The number of likely N-dealkylation sites (N-methyl/N-ethyl adjacent to an activating group) is 1. The maximum Gasteiger partial charge on any atom is 0.309 e. The first-order chi connectivity index (χ1) is 15.8. The van der Waals surface area contributed by atoms with E-state index in [2.05, 4.69) is 4.57 Å². The van der Waals surface area contributed by atoms with Crippen LogP contribution in [0, 0.1) is 19.8 Å². The minimum atomic E-state index is -0.228. The van der Waals surface area contributed by atoms with Gasteiger partial charge in [0.25, 0.3) is 0 Å². The summed E-state index contributed by atoms with van der Waals surface area (Å²) in [6.07, 6.45) is 4.51. The van der Waals surface area contributed by atoms with Gasteiger partial charge in [-0.15, -0.1) is 0 Å². The van der Waals surface area contributed by atoms with Gasteiger partial charge in [-0.3, -0.25) is 14.4 Å². The summed E-state index contributed by atoms with van der Waals surface area (Å²) in [5, 5.41) is 0. The van der Waals surface area contributed by atoms with Gasteiger partial charge < -0.3 is 19.1 Å². The van der Waals surface area contributed by atoms with Crippen LogP contribution in [0.2, 0.25) is 0 Å². The van der Waals surface area contributed by atoms with E-state index in [4.69, 9.17) is 4.74 Å². The molecule has 3 rings (SSSR count). The van der Waals surface area contributed by atoms with Crippen molar-refractivity contribution in [1.82, 2.24) is 14.4 Å². The number of hydrogen-bond acceptors (Lipinski definition) is 4. The number of para-hydroxylation sites is 1. The number of amides is 2. The molecule has 1 aliphatic heterocycles. The van der Waals surface area contributed by atoms with Crippen LogP contribution in [-0.4, -0.2) is 65.4 Å². The zero-order valence-corrected chi connectivity index (χ0v) is 19.9. The van der Waals surface area contributed by atoms with Crippen LogP contribution >= 0.6 is 0 Å². The number of aromatic nitrogens is 1. The van der Waals surface area contributed by atoms with Gasteiger partial charge in [0.05, 0.1) is 19.1 Å². The minimum absolute atomic E-state index is 0.0102. The number of nitrogens with zero attached hydrogens (tertiary/aromatic N) is 3. The fourth-order valence-corrected chi connectivity index (χ4v) is 4.22. The van der Waals surface area contributed by atoms with Crippen molar-refractivity contribution in [2.75, 3.05) is 33.3 Å². The number of carbonyl (C=O) groups is 3. The Morgan fingerprint density at radius 1 is 1.12 bits per heavy atom. The van der Waals surface area contributed by atoms with E-state index in [1.807, 2.05) is 50.2 Å². The summed E-state index contributed by atoms with van der Waals surface area (Å²) in [6.45, 7) is 7.24. The van der Waals surface area contributed by atoms with Gasteiger partial charge in [0, 0.05) is 43.3 Å². The number of ether oxygens (including phenoxy) is 1. The van der Waals surface area contributed by atoms with Crippen LogP contribution in [-0.2, 0) is 19.1 Å². The van der Waals surface area contributed by atoms with E-state index in [9.17, 15) is 14.4 Å². The van der Waals surface area contributed by atoms with Crippen molar-refractivity contribution in [3.63, 3.8) is 0 Å². The van der Waals surface area contributed by atoms with E-state index in [1.165, 1.54) is 11.0 Å². The molecule has 2 heterocycles. The zero-order valence-electron chi connectivity index (χ0n) is 19.9. The van der Waals surface area contributed by atoms with Crippen LogP contribution in [0.5, 0.6) is 0 Å². The molecule has 1 fully saturated rings. The quantitative estimate of drug-likeness (QED) is 0.478. The van der Waals surface area contributed by atoms with Crippen LogP contribution in [0.15, 0.2) is 42.5 Å². The maximum absolute atomic E-state index is 12.6. The Balaban J connectivity index is 1.56. The number of carbonyl (C=O) groups excluding carboxylic acids is 3. The Labute approximate surface area is 195 Å². The van der Waals surface area contributed by atoms with Gasteiger partial charge in [-0.25, -0.2) is 0 Å². The van der Waals surface area contributed by atoms with Crippen LogP contribution < -0.4 is 0 Å². The molecular formula is C26H33N3O4. The second-order valence-electron chi connectivity index (χ2n) is 8.43. The molecule has 2 amide bonds. The summed E-state index contributed by atoms with van der Waals surface area (Å²) in [7, 11) is 1.63. The Kier molecular flexibility index (Phi) is 8.09. The number of hydrogen-bond donors (Lipinski definition) is 0. The molecule has 7 heteroatoms. The van der Waals surface area contributed by atoms with Crippen molar-refractivity contribution in [3.05, 3.63) is 59.4 Å². The predicted octanol–water partition coefficient (Wildman–Crippen LogP) is 3.37. The highest BCUT2D eigenvalue weighted by Gasteiger charge is 2.28. The summed E-state index contributed by atoms with van der Waals surface area (Å²) in [4.78, 5) is 40.3. The molecular weight excluding hydrogens is 418 g/mol. The van der Waals surface area contributed by atoms with Crippen molar-refractivity contribution in [2.24, 2.45) is 5.92 Å². The molecule has 7 nitrogen and oxygen atoms in total. The third-order valence-electron chi connectivity index (χ3n) is 6.11. The SMILES string of the molecule is CCOC(=O)C1CCN(C(=O)CN(C)C(=O)C=Cc2cc(C)n(-c3ccccc3)c2C)CC1. The lowest BCUT2D eigenvalue weighted by molar-refractivity contribution is -0.151. The fourth-order valence-electron chi connectivity index (χ4n) is 4.22. The van der Waals surface area contributed by atoms with Crippen LogP contribution in [0.3, 0.4) is 0 Å². The molecule has 2 aromatic rings. The Hall–Kier alpha value is -3.35. The molecule has 0 unspecified atom stereocenters. The lowest BCUT2D eigenvalue weighted by Gasteiger charge is -2.32. The lowest BCUT2D eigenvalue weighted by atomic mass is 9.97. The fraction of sp³-hybridized carbons (Fsp3) is 0.423. The highest BCUT2D eigenvalue weighted by molar-refractivity contribution is 5.94. The van der Waals surface area contributed by atoms with Crippen LogP contribution in [0.1, 0.15) is 36.7 Å². The molecule has 1 aromatic carbocycles. The molecule has 176 valence electrons. The van der Waals surface area contributed by atoms with Gasteiger partial charge >= 0.3 is 5.97 Å². The number of rotatable bonds is 7. The van der Waals surface area contributed by atoms with Gasteiger partial charge in [-0.05, 0) is 63.5 Å². The number of esters is 1. The van der Waals surface area contributed by atoms with Crippen LogP contribution in [0.25, 0.3) is 11.8 Å². The van der Waals surface area contributed by atoms with Gasteiger partial charge in [-0.2, -0.15) is 0 Å². The van der Waals surface area contributed by atoms with E-state index in [0.29, 0.717) is 32.5 Å². The second-order valence-corrected chi connectivity index (χ2v) is 8.43. The highest BCUT2D eigenvalue weighted by Crippen LogP contribution is 2.22. The first-order valence-corrected chi connectivity index (χ1v) is 11.4. The Morgan fingerprint density at radius 2 is 1.79 bits per heavy atom. The summed E-state index contributed by atoms with van der Waals surface area (Å²) in [5.41, 5.74) is 4.17. The monoisotopic (exact) mass is 451 g/mol. The third-order valence-corrected chi connectivity index (χ3v) is 6.11. The number of aryl methyl sites for hydroxylation is 1. The van der Waals surface area contributed by atoms with Crippen molar-refractivity contribution in [3.8, 4) is 5.69 Å². The maximum atomic E-state index is 12.6. The average Bonchev–Trinajstić information content (AvgIpc) is 3.10. The topological polar surface area (TPSA) is 71.8 Å². The molecule has 0 spiro atoms. The van der Waals surface area contributed by atoms with E-state index in [0.717, 1.165) is 22.6 Å².